The molecule has 250 valence electrons. The third-order valence-electron chi connectivity index (χ3n) is 8.35. The van der Waals surface area contributed by atoms with E-state index in [1.807, 2.05) is 43.4 Å². The van der Waals surface area contributed by atoms with Crippen LogP contribution in [0.15, 0.2) is 164 Å². The van der Waals surface area contributed by atoms with Gasteiger partial charge in [0.1, 0.15) is 0 Å². The maximum atomic E-state index is 5.60. The zero-order valence-electron chi connectivity index (χ0n) is 30.1. The Kier molecular flexibility index (Phi) is 16.0. The first-order chi connectivity index (χ1) is 23.9. The third kappa shape index (κ3) is 11.0. The van der Waals surface area contributed by atoms with Gasteiger partial charge >= 0.3 is 0 Å². The first-order valence-electron chi connectivity index (χ1n) is 17.0. The van der Waals surface area contributed by atoms with Crippen molar-refractivity contribution in [2.24, 2.45) is 0 Å². The van der Waals surface area contributed by atoms with E-state index in [1.54, 1.807) is 0 Å². The van der Waals surface area contributed by atoms with Crippen molar-refractivity contribution in [3.05, 3.63) is 198 Å². The van der Waals surface area contributed by atoms with Crippen LogP contribution in [-0.4, -0.2) is 4.57 Å². The molecule has 0 amide bonds. The fourth-order valence-electron chi connectivity index (χ4n) is 5.78. The minimum Gasteiger partial charge on any atom is -0.317 e. The summed E-state index contributed by atoms with van der Waals surface area (Å²) in [5, 5.41) is 0. The lowest BCUT2D eigenvalue weighted by atomic mass is 10.0. The monoisotopic (exact) mass is 644 g/mol. The van der Waals surface area contributed by atoms with Crippen molar-refractivity contribution in [1.82, 2.24) is 4.57 Å². The minimum atomic E-state index is 0.571. The number of allylic oxidation sites excluding steroid dienone is 16. The van der Waals surface area contributed by atoms with Gasteiger partial charge in [-0.15, -0.1) is 12.3 Å². The minimum absolute atomic E-state index is 0.571. The zero-order valence-corrected chi connectivity index (χ0v) is 30.1. The molecule has 0 fully saturated rings. The summed E-state index contributed by atoms with van der Waals surface area (Å²) in [6.45, 7) is 18.4. The van der Waals surface area contributed by atoms with E-state index in [0.29, 0.717) is 6.42 Å². The van der Waals surface area contributed by atoms with Gasteiger partial charge in [0.05, 0.1) is 0 Å². The summed E-state index contributed by atoms with van der Waals surface area (Å²) >= 11 is 0. The lowest BCUT2D eigenvalue weighted by Crippen LogP contribution is -2.19. The van der Waals surface area contributed by atoms with Crippen molar-refractivity contribution >= 4 is 17.5 Å². The summed E-state index contributed by atoms with van der Waals surface area (Å²) in [5.41, 5.74) is 12.2. The van der Waals surface area contributed by atoms with E-state index in [4.69, 9.17) is 6.42 Å². The van der Waals surface area contributed by atoms with Gasteiger partial charge in [0.2, 0.25) is 0 Å². The van der Waals surface area contributed by atoms with Crippen LogP contribution in [-0.2, 0) is 19.3 Å². The highest BCUT2D eigenvalue weighted by atomic mass is 15.1. The van der Waals surface area contributed by atoms with Crippen LogP contribution in [0, 0.1) is 26.2 Å². The first-order valence-corrected chi connectivity index (χ1v) is 17.0. The van der Waals surface area contributed by atoms with Crippen LogP contribution in [0.1, 0.15) is 60.8 Å². The molecule has 1 heterocycles. The molecule has 3 rings (SSSR count). The number of rotatable bonds is 17. The van der Waals surface area contributed by atoms with Crippen LogP contribution in [0.3, 0.4) is 0 Å². The number of para-hydroxylation sites is 1. The number of nitrogens with zero attached hydrogens (tertiary/aromatic N) is 2. The van der Waals surface area contributed by atoms with E-state index in [1.165, 1.54) is 39.3 Å². The number of terminal acetylenes is 1. The highest BCUT2D eigenvalue weighted by Crippen LogP contribution is 2.28. The molecule has 49 heavy (non-hydrogen) atoms. The molecule has 0 aliphatic rings. The summed E-state index contributed by atoms with van der Waals surface area (Å²) in [6, 6.07) is 19.1. The predicted molar refractivity (Wildman–Crippen MR) is 217 cm³/mol. The number of hydrogen-bond acceptors (Lipinski definition) is 1. The molecule has 0 bridgehead atoms. The molecule has 0 radical (unpaired) electrons. The Bertz CT molecular complexity index is 1830. The molecule has 0 N–H and O–H groups in total. The van der Waals surface area contributed by atoms with Crippen LogP contribution in [0.4, 0.5) is 5.69 Å². The molecule has 3 aromatic rings. The molecule has 0 saturated carbocycles. The Morgan fingerprint density at radius 1 is 0.796 bits per heavy atom. The Balaban J connectivity index is 1.81. The number of hydrogen-bond donors (Lipinski definition) is 0. The van der Waals surface area contributed by atoms with Crippen LogP contribution >= 0.6 is 0 Å². The van der Waals surface area contributed by atoms with Crippen LogP contribution < -0.4 is 4.90 Å². The Labute approximate surface area is 296 Å². The number of anilines is 1. The molecule has 0 aliphatic heterocycles. The summed E-state index contributed by atoms with van der Waals surface area (Å²) in [5.74, 6) is 2.74. The molecule has 0 spiro atoms. The Morgan fingerprint density at radius 3 is 2.02 bits per heavy atom. The van der Waals surface area contributed by atoms with Crippen molar-refractivity contribution in [3.63, 3.8) is 0 Å². The smallest absolute Gasteiger partial charge is 0.0487 e. The van der Waals surface area contributed by atoms with Gasteiger partial charge in [-0.25, -0.2) is 0 Å². The van der Waals surface area contributed by atoms with E-state index in [0.717, 1.165) is 36.3 Å². The summed E-state index contributed by atoms with van der Waals surface area (Å²) < 4.78 is 2.36. The molecular weight excluding hydrogens is 593 g/mol. The van der Waals surface area contributed by atoms with E-state index >= 15 is 0 Å². The average Bonchev–Trinajstić information content (AvgIpc) is 3.35. The summed E-state index contributed by atoms with van der Waals surface area (Å²) in [6.07, 6.45) is 40.1. The van der Waals surface area contributed by atoms with Gasteiger partial charge in [0.15, 0.2) is 0 Å². The van der Waals surface area contributed by atoms with Gasteiger partial charge in [-0.2, -0.15) is 0 Å². The third-order valence-corrected chi connectivity index (χ3v) is 8.35. The first kappa shape index (κ1) is 37.9. The van der Waals surface area contributed by atoms with Gasteiger partial charge in [0.25, 0.3) is 0 Å². The SMILES string of the molecule is C#CC/C=C(\C=C/C)N(/C(C)=C/C=C\Cc1ccccc1C/C=C\C=C(/C)n1c(/C=C\C=C)c(C)c(C)c1C/C=C\C=C)c1ccccc1. The normalized spacial score (nSPS) is 13.0. The Morgan fingerprint density at radius 2 is 1.41 bits per heavy atom. The summed E-state index contributed by atoms with van der Waals surface area (Å²) in [4.78, 5) is 2.24. The maximum absolute atomic E-state index is 5.60. The average molecular weight is 645 g/mol. The maximum Gasteiger partial charge on any atom is 0.0487 e. The summed E-state index contributed by atoms with van der Waals surface area (Å²) in [7, 11) is 0. The Hall–Kier alpha value is -5.52. The second-order valence-corrected chi connectivity index (χ2v) is 11.7. The quantitative estimate of drug-likeness (QED) is 0.105. The van der Waals surface area contributed by atoms with Gasteiger partial charge in [-0.3, -0.25) is 0 Å². The van der Waals surface area contributed by atoms with Gasteiger partial charge in [0, 0.05) is 47.0 Å². The van der Waals surface area contributed by atoms with Gasteiger partial charge < -0.3 is 9.47 Å². The van der Waals surface area contributed by atoms with Crippen molar-refractivity contribution in [2.75, 3.05) is 4.90 Å². The number of aromatic nitrogens is 1. The molecule has 0 saturated heterocycles. The van der Waals surface area contributed by atoms with Crippen molar-refractivity contribution in [2.45, 2.75) is 60.3 Å². The molecule has 0 aliphatic carbocycles. The van der Waals surface area contributed by atoms with Crippen molar-refractivity contribution in [3.8, 4) is 12.3 Å². The number of benzene rings is 2. The molecular formula is C47H52N2. The second kappa shape index (κ2) is 20.7. The highest BCUT2D eigenvalue weighted by Gasteiger charge is 2.16. The predicted octanol–water partition coefficient (Wildman–Crippen LogP) is 12.2. The van der Waals surface area contributed by atoms with E-state index in [-0.39, 0.29) is 0 Å². The van der Waals surface area contributed by atoms with E-state index in [2.05, 4.69) is 166 Å². The molecule has 0 unspecified atom stereocenters. The lowest BCUT2D eigenvalue weighted by molar-refractivity contribution is 0.966. The zero-order chi connectivity index (χ0) is 35.4. The largest absolute Gasteiger partial charge is 0.317 e. The molecule has 1 aromatic heterocycles. The van der Waals surface area contributed by atoms with Crippen LogP contribution in [0.25, 0.3) is 11.8 Å². The topological polar surface area (TPSA) is 8.17 Å². The molecule has 2 nitrogen and oxygen atoms in total. The lowest BCUT2D eigenvalue weighted by Gasteiger charge is -2.27. The standard InChI is InChI=1S/C47H52N2/c1-9-13-17-37-47-41(8)40(7)46(36-15-11-3)49(47)39(6)28-21-23-30-43-32-25-24-31-42(43)29-22-20-27-38(5)48(45-34-18-16-19-35-45)44(26-12-4)33-14-10-2/h2,9,11-13,15-28,31-36H,1,3,14,29-30,37H2,4-8H3/b17-13-,22-20-,23-21-,26-12-,36-15-,38-27+,39-28+,44-33+. The van der Waals surface area contributed by atoms with E-state index < -0.39 is 0 Å². The molecule has 2 heteroatoms. The van der Waals surface area contributed by atoms with Gasteiger partial charge in [-0.1, -0.05) is 116 Å². The fourth-order valence-corrected chi connectivity index (χ4v) is 5.78. The van der Waals surface area contributed by atoms with Gasteiger partial charge in [-0.05, 0) is 112 Å². The van der Waals surface area contributed by atoms with Crippen LogP contribution in [0.2, 0.25) is 0 Å². The molecule has 2 aromatic carbocycles. The second-order valence-electron chi connectivity index (χ2n) is 11.7. The highest BCUT2D eigenvalue weighted by molar-refractivity contribution is 5.64. The van der Waals surface area contributed by atoms with Crippen molar-refractivity contribution in [1.29, 1.82) is 0 Å². The fraction of sp³-hybridized carbons (Fsp3) is 0.191. The van der Waals surface area contributed by atoms with Crippen LogP contribution in [0.5, 0.6) is 0 Å². The molecule has 0 atom stereocenters. The van der Waals surface area contributed by atoms with E-state index in [9.17, 15) is 0 Å². The van der Waals surface area contributed by atoms with Crippen molar-refractivity contribution < 1.29 is 0 Å².